The van der Waals surface area contributed by atoms with E-state index in [2.05, 4.69) is 17.0 Å². The van der Waals surface area contributed by atoms with Crippen LogP contribution in [-0.4, -0.2) is 77.6 Å². The van der Waals surface area contributed by atoms with Crippen LogP contribution in [-0.2, 0) is 15.9 Å². The first kappa shape index (κ1) is 26.4. The smallest absolute Gasteiger partial charge is 0.417 e. The van der Waals surface area contributed by atoms with E-state index in [1.165, 1.54) is 30.0 Å². The lowest BCUT2D eigenvalue weighted by Crippen LogP contribution is -2.50. The number of carbonyl (C=O) groups excluding carboxylic acids is 3. The minimum absolute atomic E-state index is 0.0291. The Kier molecular flexibility index (Phi) is 8.76. The lowest BCUT2D eigenvalue weighted by atomic mass is 10.0. The van der Waals surface area contributed by atoms with Crippen molar-refractivity contribution in [1.82, 2.24) is 19.7 Å². The number of benzene rings is 1. The third-order valence-corrected chi connectivity index (χ3v) is 5.90. The lowest BCUT2D eigenvalue weighted by molar-refractivity contribution is 0.0487. The van der Waals surface area contributed by atoms with Crippen LogP contribution in [0.4, 0.5) is 4.79 Å². The summed E-state index contributed by atoms with van der Waals surface area (Å²) >= 11 is 0. The fourth-order valence-electron chi connectivity index (χ4n) is 4.08. The van der Waals surface area contributed by atoms with Crippen molar-refractivity contribution in [2.75, 3.05) is 33.9 Å². The number of nitroso groups, excluding NO2 is 1. The maximum Gasteiger partial charge on any atom is 0.417 e. The molecule has 12 heteroatoms. The van der Waals surface area contributed by atoms with Gasteiger partial charge in [0.2, 0.25) is 0 Å². The Hall–Kier alpha value is -4.22. The van der Waals surface area contributed by atoms with Gasteiger partial charge in [-0.3, -0.25) is 9.80 Å². The van der Waals surface area contributed by atoms with Crippen LogP contribution < -0.4 is 4.74 Å². The van der Waals surface area contributed by atoms with Crippen LogP contribution >= 0.6 is 0 Å². The monoisotopic (exact) mass is 499 g/mol. The van der Waals surface area contributed by atoms with E-state index < -0.39 is 24.0 Å². The van der Waals surface area contributed by atoms with E-state index in [1.54, 1.807) is 31.2 Å². The van der Waals surface area contributed by atoms with Gasteiger partial charge in [-0.1, -0.05) is 19.6 Å². The maximum absolute atomic E-state index is 14.1. The second-order valence-corrected chi connectivity index (χ2v) is 7.94. The molecule has 0 radical (unpaired) electrons. The van der Waals surface area contributed by atoms with Crippen molar-refractivity contribution >= 4 is 18.0 Å². The van der Waals surface area contributed by atoms with Crippen LogP contribution in [0.5, 0.6) is 5.75 Å². The molecule has 3 rings (SSSR count). The Morgan fingerprint density at radius 1 is 1.19 bits per heavy atom. The van der Waals surface area contributed by atoms with Gasteiger partial charge in [0.05, 0.1) is 25.2 Å². The number of hydrogen-bond acceptors (Lipinski definition) is 9. The van der Waals surface area contributed by atoms with Gasteiger partial charge in [-0.2, -0.15) is 5.10 Å². The van der Waals surface area contributed by atoms with Gasteiger partial charge in [0.15, 0.2) is 5.69 Å². The molecule has 1 fully saturated rings. The molecule has 0 aliphatic carbocycles. The summed E-state index contributed by atoms with van der Waals surface area (Å²) in [5, 5.41) is 8.67. The molecule has 1 aromatic carbocycles. The molecule has 1 aliphatic heterocycles. The Morgan fingerprint density at radius 2 is 1.86 bits per heavy atom. The van der Waals surface area contributed by atoms with Gasteiger partial charge < -0.3 is 14.2 Å². The van der Waals surface area contributed by atoms with E-state index in [0.29, 0.717) is 29.8 Å². The minimum atomic E-state index is -0.860. The molecule has 0 unspecified atom stereocenters. The molecular weight excluding hydrogens is 470 g/mol. The van der Waals surface area contributed by atoms with Crippen molar-refractivity contribution in [2.45, 2.75) is 32.2 Å². The maximum atomic E-state index is 14.1. The Labute approximate surface area is 208 Å². The predicted molar refractivity (Wildman–Crippen MR) is 129 cm³/mol. The molecule has 2 amide bonds. The Balaban J connectivity index is 2.14. The molecule has 1 aliphatic rings. The van der Waals surface area contributed by atoms with Gasteiger partial charge in [0, 0.05) is 24.7 Å². The SMILES string of the molecule is C=CCOC(=O)N(C(=O)c1c(CC)c(C(=O)OC)nn1-c1ccc(OC)cc1)C1CCN(N=O)CC1. The van der Waals surface area contributed by atoms with Crippen molar-refractivity contribution in [1.29, 1.82) is 0 Å². The number of methoxy groups -OCH3 is 2. The van der Waals surface area contributed by atoms with Crippen LogP contribution in [0, 0.1) is 4.91 Å². The molecule has 1 saturated heterocycles. The summed E-state index contributed by atoms with van der Waals surface area (Å²) in [6.45, 7) is 5.78. The molecule has 0 spiro atoms. The summed E-state index contributed by atoms with van der Waals surface area (Å²) in [5.74, 6) is -0.802. The van der Waals surface area contributed by atoms with E-state index in [9.17, 15) is 19.3 Å². The van der Waals surface area contributed by atoms with Gasteiger partial charge in [-0.15, -0.1) is 4.91 Å². The highest BCUT2D eigenvalue weighted by molar-refractivity contribution is 6.05. The quantitative estimate of drug-likeness (QED) is 0.290. The van der Waals surface area contributed by atoms with Crippen molar-refractivity contribution in [3.8, 4) is 11.4 Å². The number of piperidine rings is 1. The van der Waals surface area contributed by atoms with Crippen LogP contribution in [0.15, 0.2) is 42.2 Å². The predicted octanol–water partition coefficient (Wildman–Crippen LogP) is 3.14. The van der Waals surface area contributed by atoms with Gasteiger partial charge >= 0.3 is 12.1 Å². The number of rotatable bonds is 9. The first-order chi connectivity index (χ1) is 17.4. The summed E-state index contributed by atoms with van der Waals surface area (Å²) in [4.78, 5) is 51.7. The van der Waals surface area contributed by atoms with E-state index in [4.69, 9.17) is 14.2 Å². The molecular formula is C24H29N5O7. The summed E-state index contributed by atoms with van der Waals surface area (Å²) in [6, 6.07) is 6.17. The molecule has 0 saturated carbocycles. The van der Waals surface area contributed by atoms with Crippen LogP contribution in [0.25, 0.3) is 5.69 Å². The highest BCUT2D eigenvalue weighted by Gasteiger charge is 2.38. The second kappa shape index (κ2) is 12.0. The third kappa shape index (κ3) is 5.37. The summed E-state index contributed by atoms with van der Waals surface area (Å²) in [6.07, 6.45) is 1.45. The number of hydrogen-bond donors (Lipinski definition) is 0. The number of esters is 1. The fourth-order valence-corrected chi connectivity index (χ4v) is 4.08. The molecule has 0 atom stereocenters. The fraction of sp³-hybridized carbons (Fsp3) is 0.417. The van der Waals surface area contributed by atoms with E-state index in [0.717, 1.165) is 4.90 Å². The molecule has 12 nitrogen and oxygen atoms in total. The highest BCUT2D eigenvalue weighted by Crippen LogP contribution is 2.27. The summed E-state index contributed by atoms with van der Waals surface area (Å²) in [5.41, 5.74) is 0.813. The van der Waals surface area contributed by atoms with Gasteiger partial charge in [-0.05, 0) is 43.5 Å². The normalized spacial score (nSPS) is 13.6. The summed E-state index contributed by atoms with van der Waals surface area (Å²) in [7, 11) is 2.75. The zero-order valence-corrected chi connectivity index (χ0v) is 20.5. The third-order valence-electron chi connectivity index (χ3n) is 5.90. The van der Waals surface area contributed by atoms with Crippen LogP contribution in [0.3, 0.4) is 0 Å². The van der Waals surface area contributed by atoms with Gasteiger partial charge in [-0.25, -0.2) is 19.2 Å². The van der Waals surface area contributed by atoms with E-state index in [1.807, 2.05) is 0 Å². The number of carbonyl (C=O) groups is 3. The van der Waals surface area contributed by atoms with Crippen molar-refractivity contribution in [2.24, 2.45) is 5.29 Å². The molecule has 192 valence electrons. The number of imide groups is 1. The molecule has 2 aromatic rings. The number of amides is 2. The zero-order valence-electron chi connectivity index (χ0n) is 20.5. The first-order valence-electron chi connectivity index (χ1n) is 11.4. The standard InChI is InChI=1S/C24H29N5O7/c1-5-15-36-24(32)28(16-11-13-27(26-33)14-12-16)22(30)21-19(6-2)20(23(31)35-4)25-29(21)17-7-9-18(34-3)10-8-17/h5,7-10,16H,1,6,11-15H2,2-4H3. The second-order valence-electron chi connectivity index (χ2n) is 7.94. The number of aromatic nitrogens is 2. The molecule has 0 N–H and O–H groups in total. The van der Waals surface area contributed by atoms with Crippen LogP contribution in [0.2, 0.25) is 0 Å². The van der Waals surface area contributed by atoms with E-state index >= 15 is 0 Å². The number of nitrogens with zero attached hydrogens (tertiary/aromatic N) is 5. The average Bonchev–Trinajstić information content (AvgIpc) is 3.31. The Bertz CT molecular complexity index is 1120. The topological polar surface area (TPSA) is 133 Å². The Morgan fingerprint density at radius 3 is 2.39 bits per heavy atom. The minimum Gasteiger partial charge on any atom is -0.497 e. The molecule has 1 aromatic heterocycles. The number of ether oxygens (including phenoxy) is 3. The van der Waals surface area contributed by atoms with Gasteiger partial charge in [0.25, 0.3) is 5.91 Å². The van der Waals surface area contributed by atoms with Crippen molar-refractivity contribution in [3.63, 3.8) is 0 Å². The molecule has 36 heavy (non-hydrogen) atoms. The highest BCUT2D eigenvalue weighted by atomic mass is 16.6. The summed E-state index contributed by atoms with van der Waals surface area (Å²) < 4.78 is 16.7. The zero-order chi connectivity index (χ0) is 26.2. The lowest BCUT2D eigenvalue weighted by Gasteiger charge is -2.34. The first-order valence-corrected chi connectivity index (χ1v) is 11.4. The van der Waals surface area contributed by atoms with Crippen molar-refractivity contribution < 1.29 is 28.6 Å². The molecule has 2 heterocycles. The molecule has 0 bridgehead atoms. The largest absolute Gasteiger partial charge is 0.497 e. The van der Waals surface area contributed by atoms with Gasteiger partial charge in [0.1, 0.15) is 18.1 Å². The van der Waals surface area contributed by atoms with Crippen molar-refractivity contribution in [3.05, 3.63) is 58.8 Å². The average molecular weight is 500 g/mol. The van der Waals surface area contributed by atoms with E-state index in [-0.39, 0.29) is 37.5 Å². The van der Waals surface area contributed by atoms with Crippen LogP contribution in [0.1, 0.15) is 46.3 Å².